The van der Waals surface area contributed by atoms with Gasteiger partial charge in [-0.05, 0) is 24.6 Å². The maximum Gasteiger partial charge on any atom is 0.310 e. The highest BCUT2D eigenvalue weighted by molar-refractivity contribution is 8.13. The summed E-state index contributed by atoms with van der Waals surface area (Å²) in [6, 6.07) is 7.42. The Bertz CT molecular complexity index is 431. The van der Waals surface area contributed by atoms with Crippen molar-refractivity contribution in [1.82, 2.24) is 0 Å². The van der Waals surface area contributed by atoms with Crippen LogP contribution < -0.4 is 4.74 Å². The number of rotatable bonds is 6. The molecule has 0 aliphatic heterocycles. The Balaban J connectivity index is 2.51. The maximum atomic E-state index is 11.0. The zero-order valence-corrected chi connectivity index (χ0v) is 11.2. The SMILES string of the molecule is CC(=O)SCC(COc1cccc(C)c1)C(=O)O. The van der Waals surface area contributed by atoms with E-state index in [9.17, 15) is 9.59 Å². The number of benzene rings is 1. The van der Waals surface area contributed by atoms with E-state index in [0.717, 1.165) is 17.3 Å². The fourth-order valence-electron chi connectivity index (χ4n) is 1.31. The molecule has 0 aromatic heterocycles. The Labute approximate surface area is 110 Å². The van der Waals surface area contributed by atoms with Gasteiger partial charge in [-0.25, -0.2) is 0 Å². The molecule has 18 heavy (non-hydrogen) atoms. The van der Waals surface area contributed by atoms with Gasteiger partial charge in [-0.1, -0.05) is 23.9 Å². The van der Waals surface area contributed by atoms with E-state index in [2.05, 4.69) is 0 Å². The smallest absolute Gasteiger partial charge is 0.310 e. The molecule has 0 aliphatic carbocycles. The Morgan fingerprint density at radius 3 is 2.72 bits per heavy atom. The third-order valence-corrected chi connectivity index (χ3v) is 3.25. The maximum absolute atomic E-state index is 11.0. The second-order valence-electron chi connectivity index (χ2n) is 3.97. The summed E-state index contributed by atoms with van der Waals surface area (Å²) < 4.78 is 5.44. The Hall–Kier alpha value is -1.49. The minimum absolute atomic E-state index is 0.0685. The van der Waals surface area contributed by atoms with Crippen LogP contribution in [0.3, 0.4) is 0 Å². The average molecular weight is 268 g/mol. The fourth-order valence-corrected chi connectivity index (χ4v) is 1.99. The topological polar surface area (TPSA) is 63.6 Å². The second kappa shape index (κ2) is 7.06. The number of aryl methyl sites for hydroxylation is 1. The van der Waals surface area contributed by atoms with Crippen molar-refractivity contribution >= 4 is 22.8 Å². The van der Waals surface area contributed by atoms with Crippen molar-refractivity contribution in [1.29, 1.82) is 0 Å². The molecule has 1 aromatic carbocycles. The Morgan fingerprint density at radius 2 is 2.17 bits per heavy atom. The van der Waals surface area contributed by atoms with Gasteiger partial charge in [0.15, 0.2) is 5.12 Å². The zero-order chi connectivity index (χ0) is 13.5. The van der Waals surface area contributed by atoms with Gasteiger partial charge in [0.25, 0.3) is 0 Å². The van der Waals surface area contributed by atoms with Crippen molar-refractivity contribution < 1.29 is 19.4 Å². The second-order valence-corrected chi connectivity index (χ2v) is 5.16. The minimum atomic E-state index is -0.948. The number of hydrogen-bond donors (Lipinski definition) is 1. The summed E-state index contributed by atoms with van der Waals surface area (Å²) in [5, 5.41) is 8.93. The summed E-state index contributed by atoms with van der Waals surface area (Å²) >= 11 is 1.01. The molecular weight excluding hydrogens is 252 g/mol. The van der Waals surface area contributed by atoms with Crippen LogP contribution in [0.15, 0.2) is 24.3 Å². The van der Waals surface area contributed by atoms with E-state index in [1.165, 1.54) is 6.92 Å². The predicted octanol–water partition coefficient (Wildman–Crippen LogP) is 2.35. The number of carboxylic acids is 1. The molecule has 4 nitrogen and oxygen atoms in total. The van der Waals surface area contributed by atoms with Gasteiger partial charge in [-0.3, -0.25) is 9.59 Å². The number of thioether (sulfide) groups is 1. The van der Waals surface area contributed by atoms with E-state index in [1.807, 2.05) is 25.1 Å². The molecule has 0 radical (unpaired) electrons. The van der Waals surface area contributed by atoms with E-state index in [4.69, 9.17) is 9.84 Å². The number of carbonyl (C=O) groups is 2. The molecule has 0 amide bonds. The van der Waals surface area contributed by atoms with Crippen LogP contribution in [-0.4, -0.2) is 28.6 Å². The molecule has 5 heteroatoms. The lowest BCUT2D eigenvalue weighted by molar-refractivity contribution is -0.141. The highest BCUT2D eigenvalue weighted by Gasteiger charge is 2.19. The molecule has 1 atom stereocenters. The summed E-state index contributed by atoms with van der Waals surface area (Å²) in [5.41, 5.74) is 1.05. The van der Waals surface area contributed by atoms with Gasteiger partial charge in [0.05, 0.1) is 0 Å². The zero-order valence-electron chi connectivity index (χ0n) is 10.4. The van der Waals surface area contributed by atoms with Gasteiger partial charge in [0.1, 0.15) is 18.3 Å². The molecule has 0 fully saturated rings. The fraction of sp³-hybridized carbons (Fsp3) is 0.385. The molecule has 1 rings (SSSR count). The summed E-state index contributed by atoms with van der Waals surface area (Å²) in [6.07, 6.45) is 0. The molecule has 0 spiro atoms. The van der Waals surface area contributed by atoms with Crippen LogP contribution in [0.1, 0.15) is 12.5 Å². The van der Waals surface area contributed by atoms with Crippen LogP contribution >= 0.6 is 11.8 Å². The highest BCUT2D eigenvalue weighted by atomic mass is 32.2. The first-order valence-electron chi connectivity index (χ1n) is 5.54. The van der Waals surface area contributed by atoms with E-state index in [-0.39, 0.29) is 17.5 Å². The third kappa shape index (κ3) is 5.23. The van der Waals surface area contributed by atoms with Crippen molar-refractivity contribution in [2.45, 2.75) is 13.8 Å². The molecule has 0 aliphatic rings. The van der Waals surface area contributed by atoms with Crippen LogP contribution in [0.5, 0.6) is 5.75 Å². The molecule has 0 heterocycles. The van der Waals surface area contributed by atoms with E-state index in [1.54, 1.807) is 6.07 Å². The van der Waals surface area contributed by atoms with Gasteiger partial charge in [-0.2, -0.15) is 0 Å². The summed E-state index contributed by atoms with van der Waals surface area (Å²) in [5.74, 6) is -0.749. The quantitative estimate of drug-likeness (QED) is 0.858. The van der Waals surface area contributed by atoms with Gasteiger partial charge in [0, 0.05) is 12.7 Å². The highest BCUT2D eigenvalue weighted by Crippen LogP contribution is 2.16. The summed E-state index contributed by atoms with van der Waals surface area (Å²) in [7, 11) is 0. The normalized spacial score (nSPS) is 11.9. The van der Waals surface area contributed by atoms with E-state index < -0.39 is 11.9 Å². The first-order valence-corrected chi connectivity index (χ1v) is 6.53. The van der Waals surface area contributed by atoms with E-state index in [0.29, 0.717) is 5.75 Å². The Morgan fingerprint density at radius 1 is 1.44 bits per heavy atom. The monoisotopic (exact) mass is 268 g/mol. The van der Waals surface area contributed by atoms with Crippen LogP contribution in [0.2, 0.25) is 0 Å². The first kappa shape index (κ1) is 14.6. The van der Waals surface area contributed by atoms with E-state index >= 15 is 0 Å². The largest absolute Gasteiger partial charge is 0.493 e. The van der Waals surface area contributed by atoms with Gasteiger partial charge in [-0.15, -0.1) is 0 Å². The van der Waals surface area contributed by atoms with Crippen molar-refractivity contribution in [3.8, 4) is 5.75 Å². The molecule has 0 saturated carbocycles. The van der Waals surface area contributed by atoms with Crippen molar-refractivity contribution in [3.63, 3.8) is 0 Å². The number of hydrogen-bond acceptors (Lipinski definition) is 4. The predicted molar refractivity (Wildman–Crippen MR) is 70.9 cm³/mol. The average Bonchev–Trinajstić information content (AvgIpc) is 2.28. The van der Waals surface area contributed by atoms with Gasteiger partial charge >= 0.3 is 5.97 Å². The number of carbonyl (C=O) groups excluding carboxylic acids is 1. The van der Waals surface area contributed by atoms with Gasteiger partial charge < -0.3 is 9.84 Å². The Kier molecular flexibility index (Phi) is 5.71. The minimum Gasteiger partial charge on any atom is -0.493 e. The molecule has 0 bridgehead atoms. The van der Waals surface area contributed by atoms with Crippen LogP contribution in [0.25, 0.3) is 0 Å². The lowest BCUT2D eigenvalue weighted by Gasteiger charge is -2.13. The molecule has 1 N–H and O–H groups in total. The summed E-state index contributed by atoms with van der Waals surface area (Å²) in [4.78, 5) is 21.8. The van der Waals surface area contributed by atoms with Crippen molar-refractivity contribution in [2.75, 3.05) is 12.4 Å². The van der Waals surface area contributed by atoms with Gasteiger partial charge in [0.2, 0.25) is 0 Å². The first-order chi connectivity index (χ1) is 8.49. The number of carboxylic acid groups (broad SMARTS) is 1. The molecule has 1 unspecified atom stereocenters. The lowest BCUT2D eigenvalue weighted by Crippen LogP contribution is -2.24. The van der Waals surface area contributed by atoms with Crippen LogP contribution in [0, 0.1) is 12.8 Å². The molecule has 98 valence electrons. The molecule has 0 saturated heterocycles. The third-order valence-electron chi connectivity index (χ3n) is 2.28. The lowest BCUT2D eigenvalue weighted by atomic mass is 10.2. The van der Waals surface area contributed by atoms with Crippen LogP contribution in [0.4, 0.5) is 0 Å². The van der Waals surface area contributed by atoms with Crippen LogP contribution in [-0.2, 0) is 9.59 Å². The molecule has 1 aromatic rings. The molecular formula is C13H16O4S. The standard InChI is InChI=1S/C13H16O4S/c1-9-4-3-5-12(6-9)17-7-11(13(15)16)8-18-10(2)14/h3-6,11H,7-8H2,1-2H3,(H,15,16). The summed E-state index contributed by atoms with van der Waals surface area (Å²) in [6.45, 7) is 3.43. The number of aliphatic carboxylic acids is 1. The van der Waals surface area contributed by atoms with Crippen molar-refractivity contribution in [2.24, 2.45) is 5.92 Å². The van der Waals surface area contributed by atoms with Crippen molar-refractivity contribution in [3.05, 3.63) is 29.8 Å². The number of ether oxygens (including phenoxy) is 1.